The number of fused-ring (bicyclic) bond motifs is 1. The first-order valence-electron chi connectivity index (χ1n) is 11.3. The predicted octanol–water partition coefficient (Wildman–Crippen LogP) is 6.06. The number of piperazine rings is 1. The lowest BCUT2D eigenvalue weighted by molar-refractivity contribution is -0.143. The average molecular weight is 514 g/mol. The third-order valence-electron chi connectivity index (χ3n) is 6.61. The van der Waals surface area contributed by atoms with Crippen LogP contribution < -0.4 is 0 Å². The average Bonchev–Trinajstić information content (AvgIpc) is 2.82. The summed E-state index contributed by atoms with van der Waals surface area (Å²) < 4.78 is 86.0. The number of amides is 1. The molecule has 0 aromatic heterocycles. The molecule has 11 heteroatoms. The molecule has 0 bridgehead atoms. The lowest BCUT2D eigenvalue weighted by atomic mass is 9.84. The Balaban J connectivity index is 1.63. The number of rotatable bonds is 4. The van der Waals surface area contributed by atoms with Gasteiger partial charge < -0.3 is 14.7 Å². The topological polar surface area (TPSA) is 53.0 Å². The molecule has 0 saturated carbocycles. The van der Waals surface area contributed by atoms with Crippen LogP contribution in [0, 0.1) is 0 Å². The van der Waals surface area contributed by atoms with E-state index in [-0.39, 0.29) is 31.0 Å². The van der Waals surface area contributed by atoms with Gasteiger partial charge in [-0.15, -0.1) is 0 Å². The molecule has 2 aromatic carbocycles. The molecule has 2 unspecified atom stereocenters. The van der Waals surface area contributed by atoms with Crippen molar-refractivity contribution in [3.8, 4) is 0 Å². The predicted molar refractivity (Wildman–Crippen MR) is 119 cm³/mol. The van der Waals surface area contributed by atoms with Crippen molar-refractivity contribution in [2.75, 3.05) is 26.2 Å². The van der Waals surface area contributed by atoms with Crippen molar-refractivity contribution in [3.63, 3.8) is 0 Å². The van der Waals surface area contributed by atoms with Gasteiger partial charge in [-0.05, 0) is 42.2 Å². The highest BCUT2D eigenvalue weighted by molar-refractivity contribution is 5.65. The molecule has 1 aliphatic heterocycles. The first-order valence-corrected chi connectivity index (χ1v) is 11.3. The number of aryl methyl sites for hydroxylation is 1. The SMILES string of the molecule is C=C(OC1CCc2ccccc2C1N1CCN(C(=O)O)CC1)c1cc(C(F)(F)F)cc(C(F)(F)F)c1. The van der Waals surface area contributed by atoms with E-state index in [0.717, 1.165) is 11.1 Å². The molecular weight excluding hydrogens is 490 g/mol. The van der Waals surface area contributed by atoms with Crippen LogP contribution >= 0.6 is 0 Å². The molecule has 36 heavy (non-hydrogen) atoms. The van der Waals surface area contributed by atoms with E-state index in [9.17, 15) is 36.2 Å². The van der Waals surface area contributed by atoms with Crippen molar-refractivity contribution in [1.29, 1.82) is 0 Å². The van der Waals surface area contributed by atoms with Gasteiger partial charge in [0.1, 0.15) is 11.9 Å². The molecule has 4 rings (SSSR count). The molecular formula is C25H24F6N2O3. The summed E-state index contributed by atoms with van der Waals surface area (Å²) in [5, 5.41) is 9.26. The number of carbonyl (C=O) groups is 1. The Kier molecular flexibility index (Phi) is 6.96. The summed E-state index contributed by atoms with van der Waals surface area (Å²) in [7, 11) is 0. The number of alkyl halides is 6. The maximum absolute atomic E-state index is 13.3. The molecule has 2 aliphatic rings. The van der Waals surface area contributed by atoms with E-state index in [1.54, 1.807) is 0 Å². The van der Waals surface area contributed by atoms with Gasteiger partial charge in [-0.1, -0.05) is 30.8 Å². The monoisotopic (exact) mass is 514 g/mol. The van der Waals surface area contributed by atoms with E-state index in [4.69, 9.17) is 4.74 Å². The zero-order valence-corrected chi connectivity index (χ0v) is 19.1. The van der Waals surface area contributed by atoms with Crippen molar-refractivity contribution >= 4 is 11.9 Å². The largest absolute Gasteiger partial charge is 0.488 e. The second kappa shape index (κ2) is 9.68. The first kappa shape index (κ1) is 25.9. The summed E-state index contributed by atoms with van der Waals surface area (Å²) in [6, 6.07) is 8.52. The van der Waals surface area contributed by atoms with Crippen molar-refractivity contribution in [1.82, 2.24) is 9.80 Å². The minimum Gasteiger partial charge on any atom is -0.488 e. The molecule has 5 nitrogen and oxygen atoms in total. The number of benzene rings is 2. The molecule has 0 spiro atoms. The number of hydrogen-bond acceptors (Lipinski definition) is 3. The Morgan fingerprint density at radius 2 is 1.53 bits per heavy atom. The van der Waals surface area contributed by atoms with Crippen LogP contribution in [0.2, 0.25) is 0 Å². The minimum absolute atomic E-state index is 0.0678. The number of halogens is 6. The smallest absolute Gasteiger partial charge is 0.416 e. The van der Waals surface area contributed by atoms with E-state index < -0.39 is 41.2 Å². The third kappa shape index (κ3) is 5.45. The van der Waals surface area contributed by atoms with Crippen molar-refractivity contribution in [3.05, 3.63) is 76.9 Å². The molecule has 1 N–H and O–H groups in total. The van der Waals surface area contributed by atoms with Crippen LogP contribution in [0.4, 0.5) is 31.1 Å². The summed E-state index contributed by atoms with van der Waals surface area (Å²) in [5.41, 5.74) is -1.28. The second-order valence-corrected chi connectivity index (χ2v) is 8.86. The van der Waals surface area contributed by atoms with E-state index in [1.165, 1.54) is 4.90 Å². The molecule has 2 aromatic rings. The Morgan fingerprint density at radius 1 is 0.944 bits per heavy atom. The van der Waals surface area contributed by atoms with E-state index in [0.29, 0.717) is 38.1 Å². The van der Waals surface area contributed by atoms with Crippen LogP contribution in [-0.4, -0.2) is 53.3 Å². The van der Waals surface area contributed by atoms with Gasteiger partial charge in [-0.3, -0.25) is 4.90 Å². The number of ether oxygens (including phenoxy) is 1. The maximum atomic E-state index is 13.3. The van der Waals surface area contributed by atoms with Gasteiger partial charge in [0, 0.05) is 31.7 Å². The Hall–Kier alpha value is -3.21. The van der Waals surface area contributed by atoms with Gasteiger partial charge in [0.25, 0.3) is 0 Å². The number of nitrogens with zero attached hydrogens (tertiary/aromatic N) is 2. The highest BCUT2D eigenvalue weighted by atomic mass is 19.4. The standard InChI is InChI=1S/C25H24F6N2O3/c1-15(17-12-18(24(26,27)28)14-19(13-17)25(29,30)31)36-21-7-6-16-4-2-3-5-20(16)22(21)32-8-10-33(11-9-32)23(34)35/h2-5,12-14,21-22H,1,6-11H2,(H,34,35). The molecule has 194 valence electrons. The van der Waals surface area contributed by atoms with Gasteiger partial charge >= 0.3 is 18.4 Å². The van der Waals surface area contributed by atoms with Gasteiger partial charge in [-0.2, -0.15) is 26.3 Å². The Bertz CT molecular complexity index is 1110. The van der Waals surface area contributed by atoms with E-state index >= 15 is 0 Å². The van der Waals surface area contributed by atoms with Gasteiger partial charge in [0.2, 0.25) is 0 Å². The third-order valence-corrected chi connectivity index (χ3v) is 6.61. The van der Waals surface area contributed by atoms with Crippen LogP contribution in [0.3, 0.4) is 0 Å². The first-order chi connectivity index (χ1) is 16.8. The zero-order valence-electron chi connectivity index (χ0n) is 19.1. The zero-order chi connectivity index (χ0) is 26.3. The second-order valence-electron chi connectivity index (χ2n) is 8.86. The van der Waals surface area contributed by atoms with Crippen molar-refractivity contribution in [2.45, 2.75) is 37.3 Å². The summed E-state index contributed by atoms with van der Waals surface area (Å²) in [5.74, 6) is -0.287. The van der Waals surface area contributed by atoms with E-state index in [2.05, 4.69) is 6.58 Å². The minimum atomic E-state index is -4.98. The lowest BCUT2D eigenvalue weighted by Crippen LogP contribution is -2.52. The fraction of sp³-hybridized carbons (Fsp3) is 0.400. The van der Waals surface area contributed by atoms with Crippen LogP contribution in [0.1, 0.15) is 40.3 Å². The summed E-state index contributed by atoms with van der Waals surface area (Å²) in [4.78, 5) is 14.6. The Morgan fingerprint density at radius 3 is 2.08 bits per heavy atom. The lowest BCUT2D eigenvalue weighted by Gasteiger charge is -2.44. The van der Waals surface area contributed by atoms with Crippen LogP contribution in [0.15, 0.2) is 49.0 Å². The van der Waals surface area contributed by atoms with Crippen LogP contribution in [0.25, 0.3) is 5.76 Å². The molecule has 2 atom stereocenters. The van der Waals surface area contributed by atoms with Crippen LogP contribution in [0.5, 0.6) is 0 Å². The Labute approximate surface area is 203 Å². The van der Waals surface area contributed by atoms with Gasteiger partial charge in [0.15, 0.2) is 0 Å². The highest BCUT2D eigenvalue weighted by Gasteiger charge is 2.39. The quantitative estimate of drug-likeness (QED) is 0.398. The number of carboxylic acid groups (broad SMARTS) is 1. The van der Waals surface area contributed by atoms with Gasteiger partial charge in [-0.25, -0.2) is 4.79 Å². The fourth-order valence-electron chi connectivity index (χ4n) is 4.82. The van der Waals surface area contributed by atoms with E-state index in [1.807, 2.05) is 29.2 Å². The molecule has 1 amide bonds. The maximum Gasteiger partial charge on any atom is 0.416 e. The molecule has 1 saturated heterocycles. The molecule has 0 radical (unpaired) electrons. The summed E-state index contributed by atoms with van der Waals surface area (Å²) in [6.07, 6.45) is -10.5. The molecule has 1 aliphatic carbocycles. The molecule has 1 fully saturated rings. The molecule has 1 heterocycles. The van der Waals surface area contributed by atoms with Gasteiger partial charge in [0.05, 0.1) is 17.2 Å². The number of hydrogen-bond donors (Lipinski definition) is 1. The summed E-state index contributed by atoms with van der Waals surface area (Å²) >= 11 is 0. The van der Waals surface area contributed by atoms with Crippen molar-refractivity contribution in [2.24, 2.45) is 0 Å². The normalized spacial score (nSPS) is 21.1. The highest BCUT2D eigenvalue weighted by Crippen LogP contribution is 2.41. The van der Waals surface area contributed by atoms with Crippen LogP contribution in [-0.2, 0) is 23.5 Å². The fourth-order valence-corrected chi connectivity index (χ4v) is 4.82. The summed E-state index contributed by atoms with van der Waals surface area (Å²) in [6.45, 7) is 5.02. The van der Waals surface area contributed by atoms with Crippen molar-refractivity contribution < 1.29 is 41.0 Å².